The molecular weight excluding hydrogens is 410 g/mol. The number of thiazole rings is 1. The number of halogens is 1. The van der Waals surface area contributed by atoms with E-state index in [1.807, 2.05) is 58.8 Å². The number of anilines is 1. The van der Waals surface area contributed by atoms with Crippen LogP contribution in [0.5, 0.6) is 0 Å². The Morgan fingerprint density at radius 3 is 2.62 bits per heavy atom. The second-order valence-electron chi connectivity index (χ2n) is 6.52. The fourth-order valence-corrected chi connectivity index (χ4v) is 3.99. The zero-order chi connectivity index (χ0) is 20.2. The molecule has 0 radical (unpaired) electrons. The van der Waals surface area contributed by atoms with Gasteiger partial charge in [0.15, 0.2) is 0 Å². The van der Waals surface area contributed by atoms with Crippen LogP contribution in [0.25, 0.3) is 23.4 Å². The topological polar surface area (TPSA) is 68.5 Å². The molecule has 1 aliphatic rings. The van der Waals surface area contributed by atoms with Gasteiger partial charge in [-0.15, -0.1) is 11.3 Å². The number of nitro benzene ring substituents is 1. The Morgan fingerprint density at radius 2 is 1.90 bits per heavy atom. The van der Waals surface area contributed by atoms with E-state index < -0.39 is 0 Å². The Balaban J connectivity index is 1.54. The Labute approximate surface area is 177 Å². The highest BCUT2D eigenvalue weighted by Gasteiger charge is 2.21. The van der Waals surface area contributed by atoms with Gasteiger partial charge in [0.1, 0.15) is 10.7 Å². The van der Waals surface area contributed by atoms with Gasteiger partial charge in [-0.1, -0.05) is 35.9 Å². The number of ether oxygens (including phenoxy) is 1. The lowest BCUT2D eigenvalue weighted by Gasteiger charge is -2.28. The van der Waals surface area contributed by atoms with Crippen molar-refractivity contribution < 1.29 is 9.66 Å². The number of hydrogen-bond donors (Lipinski definition) is 0. The summed E-state index contributed by atoms with van der Waals surface area (Å²) >= 11 is 7.45. The molecule has 1 saturated heterocycles. The molecule has 1 fully saturated rings. The lowest BCUT2D eigenvalue weighted by Crippen LogP contribution is -2.36. The molecule has 1 aliphatic heterocycles. The van der Waals surface area contributed by atoms with Crippen LogP contribution in [0.15, 0.2) is 47.8 Å². The van der Waals surface area contributed by atoms with Crippen molar-refractivity contribution in [2.75, 3.05) is 31.2 Å². The quantitative estimate of drug-likeness (QED) is 0.404. The molecule has 0 aliphatic carbocycles. The second-order valence-corrected chi connectivity index (χ2v) is 7.84. The van der Waals surface area contributed by atoms with Gasteiger partial charge < -0.3 is 9.64 Å². The number of morpholine rings is 1. The molecule has 0 amide bonds. The van der Waals surface area contributed by atoms with Crippen LogP contribution in [0, 0.1) is 10.1 Å². The van der Waals surface area contributed by atoms with Gasteiger partial charge in [0.05, 0.1) is 23.8 Å². The first-order valence-corrected chi connectivity index (χ1v) is 10.4. The Bertz CT molecular complexity index is 1040. The first-order valence-electron chi connectivity index (χ1n) is 9.11. The van der Waals surface area contributed by atoms with Gasteiger partial charge in [0.25, 0.3) is 5.69 Å². The molecule has 1 aromatic heterocycles. The lowest BCUT2D eigenvalue weighted by atomic mass is 10.1. The van der Waals surface area contributed by atoms with Crippen LogP contribution in [0.3, 0.4) is 0 Å². The molecule has 2 aromatic carbocycles. The minimum Gasteiger partial charge on any atom is -0.378 e. The van der Waals surface area contributed by atoms with E-state index >= 15 is 0 Å². The van der Waals surface area contributed by atoms with Gasteiger partial charge in [-0.25, -0.2) is 4.98 Å². The van der Waals surface area contributed by atoms with E-state index in [1.54, 1.807) is 6.07 Å². The maximum Gasteiger partial charge on any atom is 0.293 e. The normalized spacial score (nSPS) is 14.4. The van der Waals surface area contributed by atoms with Crippen LogP contribution >= 0.6 is 22.9 Å². The maximum atomic E-state index is 11.6. The van der Waals surface area contributed by atoms with Crippen molar-refractivity contribution in [2.24, 2.45) is 0 Å². The van der Waals surface area contributed by atoms with Crippen molar-refractivity contribution in [2.45, 2.75) is 0 Å². The molecule has 8 heteroatoms. The molecule has 6 nitrogen and oxygen atoms in total. The van der Waals surface area contributed by atoms with E-state index in [0.29, 0.717) is 37.0 Å². The number of benzene rings is 2. The molecule has 4 rings (SSSR count). The number of nitrogens with zero attached hydrogens (tertiary/aromatic N) is 3. The Morgan fingerprint density at radius 1 is 1.14 bits per heavy atom. The Hall–Kier alpha value is -2.74. The highest BCUT2D eigenvalue weighted by atomic mass is 35.5. The molecule has 0 atom stereocenters. The summed E-state index contributed by atoms with van der Waals surface area (Å²) in [5.74, 6) is 0. The second kappa shape index (κ2) is 8.73. The van der Waals surface area contributed by atoms with Gasteiger partial charge in [-0.2, -0.15) is 0 Å². The van der Waals surface area contributed by atoms with Crippen molar-refractivity contribution in [3.05, 3.63) is 73.6 Å². The van der Waals surface area contributed by atoms with Crippen LogP contribution in [-0.4, -0.2) is 36.2 Å². The van der Waals surface area contributed by atoms with Crippen LogP contribution in [-0.2, 0) is 4.74 Å². The molecule has 0 bridgehead atoms. The van der Waals surface area contributed by atoms with Gasteiger partial charge >= 0.3 is 0 Å². The highest BCUT2D eigenvalue weighted by molar-refractivity contribution is 7.10. The molecule has 2 heterocycles. The Kier molecular flexibility index (Phi) is 5.89. The average Bonchev–Trinajstić information content (AvgIpc) is 3.22. The minimum atomic E-state index is -0.329. The predicted molar refractivity (Wildman–Crippen MR) is 118 cm³/mol. The van der Waals surface area contributed by atoms with Crippen LogP contribution < -0.4 is 4.90 Å². The third kappa shape index (κ3) is 4.64. The summed E-state index contributed by atoms with van der Waals surface area (Å²) in [5, 5.41) is 15.1. The van der Waals surface area contributed by atoms with Crippen LogP contribution in [0.2, 0.25) is 5.02 Å². The zero-order valence-corrected chi connectivity index (χ0v) is 17.0. The van der Waals surface area contributed by atoms with E-state index in [-0.39, 0.29) is 10.6 Å². The summed E-state index contributed by atoms with van der Waals surface area (Å²) in [5.41, 5.74) is 3.37. The summed E-state index contributed by atoms with van der Waals surface area (Å²) in [6, 6.07) is 12.8. The first kappa shape index (κ1) is 19.6. The van der Waals surface area contributed by atoms with Gasteiger partial charge in [0, 0.05) is 35.1 Å². The van der Waals surface area contributed by atoms with Crippen molar-refractivity contribution in [3.8, 4) is 11.3 Å². The summed E-state index contributed by atoms with van der Waals surface area (Å²) in [7, 11) is 0. The summed E-state index contributed by atoms with van der Waals surface area (Å²) in [6.45, 7) is 2.48. The third-order valence-corrected chi connectivity index (χ3v) is 5.69. The predicted octanol–water partition coefficient (Wildman–Crippen LogP) is 5.38. The highest BCUT2D eigenvalue weighted by Crippen LogP contribution is 2.31. The molecule has 0 spiro atoms. The monoisotopic (exact) mass is 427 g/mol. The SMILES string of the molecule is O=[N+]([O-])c1cc(/C=C/c2nc(-c3ccc(Cl)cc3)cs2)ccc1N1CCOCC1. The first-order chi connectivity index (χ1) is 14.1. The number of aromatic nitrogens is 1. The van der Waals surface area contributed by atoms with E-state index in [1.165, 1.54) is 11.3 Å². The van der Waals surface area contributed by atoms with Crippen LogP contribution in [0.4, 0.5) is 11.4 Å². The van der Waals surface area contributed by atoms with Gasteiger partial charge in [-0.05, 0) is 29.8 Å². The van der Waals surface area contributed by atoms with E-state index in [2.05, 4.69) is 4.98 Å². The smallest absolute Gasteiger partial charge is 0.293 e. The molecular formula is C21H18ClN3O3S. The number of hydrogen-bond acceptors (Lipinski definition) is 6. The van der Waals surface area contributed by atoms with Gasteiger partial charge in [0.2, 0.25) is 0 Å². The van der Waals surface area contributed by atoms with Crippen molar-refractivity contribution in [3.63, 3.8) is 0 Å². The molecule has 29 heavy (non-hydrogen) atoms. The third-order valence-electron chi connectivity index (χ3n) is 4.63. The summed E-state index contributed by atoms with van der Waals surface area (Å²) in [6.07, 6.45) is 3.72. The minimum absolute atomic E-state index is 0.107. The largest absolute Gasteiger partial charge is 0.378 e. The summed E-state index contributed by atoms with van der Waals surface area (Å²) in [4.78, 5) is 17.9. The number of nitro groups is 1. The molecule has 3 aromatic rings. The molecule has 0 N–H and O–H groups in total. The van der Waals surface area contributed by atoms with Crippen LogP contribution in [0.1, 0.15) is 10.6 Å². The van der Waals surface area contributed by atoms with E-state index in [0.717, 1.165) is 21.8 Å². The van der Waals surface area contributed by atoms with Crippen molar-refractivity contribution in [1.82, 2.24) is 4.98 Å². The standard InChI is InChI=1S/C21H18ClN3O3S/c22-17-5-3-16(4-6-17)18-14-29-21(23-18)8-2-15-1-7-19(20(13-15)25(26)27)24-9-11-28-12-10-24/h1-8,13-14H,9-12H2/b8-2+. The summed E-state index contributed by atoms with van der Waals surface area (Å²) < 4.78 is 5.34. The lowest BCUT2D eigenvalue weighted by molar-refractivity contribution is -0.384. The number of rotatable bonds is 5. The fraction of sp³-hybridized carbons (Fsp3) is 0.190. The van der Waals surface area contributed by atoms with E-state index in [9.17, 15) is 10.1 Å². The van der Waals surface area contributed by atoms with Crippen molar-refractivity contribution >= 4 is 46.5 Å². The zero-order valence-electron chi connectivity index (χ0n) is 15.5. The molecule has 0 unspecified atom stereocenters. The fourth-order valence-electron chi connectivity index (χ4n) is 3.15. The van der Waals surface area contributed by atoms with E-state index in [4.69, 9.17) is 16.3 Å². The molecule has 0 saturated carbocycles. The molecule has 148 valence electrons. The average molecular weight is 428 g/mol. The maximum absolute atomic E-state index is 11.6. The van der Waals surface area contributed by atoms with Crippen molar-refractivity contribution in [1.29, 1.82) is 0 Å². The van der Waals surface area contributed by atoms with Gasteiger partial charge in [-0.3, -0.25) is 10.1 Å².